The molecule has 1 atom stereocenters. The number of rotatable bonds is 7. The van der Waals surface area contributed by atoms with Crippen LogP contribution in [0.5, 0.6) is 0 Å². The van der Waals surface area contributed by atoms with Crippen LogP contribution >= 0.6 is 0 Å². The van der Waals surface area contributed by atoms with E-state index in [0.717, 1.165) is 23.5 Å². The molecule has 1 aromatic rings. The third kappa shape index (κ3) is 6.34. The van der Waals surface area contributed by atoms with E-state index >= 15 is 0 Å². The highest BCUT2D eigenvalue weighted by Gasteiger charge is 2.29. The number of amides is 2. The lowest BCUT2D eigenvalue weighted by atomic mass is 10.1. The van der Waals surface area contributed by atoms with Crippen molar-refractivity contribution in [3.8, 4) is 0 Å². The Morgan fingerprint density at radius 3 is 2.48 bits per heavy atom. The van der Waals surface area contributed by atoms with Crippen LogP contribution in [0, 0.1) is 25.7 Å². The highest BCUT2D eigenvalue weighted by Crippen LogP contribution is 2.21. The fraction of sp³-hybridized carbons (Fsp3) is 0.722. The van der Waals surface area contributed by atoms with Gasteiger partial charge in [-0.15, -0.1) is 0 Å². The molecule has 1 unspecified atom stereocenters. The quantitative estimate of drug-likeness (QED) is 0.668. The Hall–Kier alpha value is -1.90. The summed E-state index contributed by atoms with van der Waals surface area (Å²) in [6.45, 7) is 9.05. The van der Waals surface area contributed by atoms with Gasteiger partial charge < -0.3 is 0 Å². The standard InChI is InChI=1S/C18H30N4O4S/c1-12(2)10-22-14(4)16(13(3)21-22)5-6-17(23)19-20-18(24)9-15-7-8-27(25,26)11-15/h12,15H,5-11H2,1-4H3,(H,19,23)(H,20,24). The van der Waals surface area contributed by atoms with E-state index in [0.29, 0.717) is 18.8 Å². The summed E-state index contributed by atoms with van der Waals surface area (Å²) in [5, 5.41) is 4.54. The molecule has 2 rings (SSSR count). The highest BCUT2D eigenvalue weighted by molar-refractivity contribution is 7.91. The van der Waals surface area contributed by atoms with Gasteiger partial charge in [0, 0.05) is 25.1 Å². The number of carbonyl (C=O) groups excluding carboxylic acids is 2. The lowest BCUT2D eigenvalue weighted by Gasteiger charge is -2.10. The summed E-state index contributed by atoms with van der Waals surface area (Å²) in [5.41, 5.74) is 7.85. The zero-order valence-electron chi connectivity index (χ0n) is 16.5. The van der Waals surface area contributed by atoms with Gasteiger partial charge in [-0.05, 0) is 44.1 Å². The molecule has 2 heterocycles. The maximum absolute atomic E-state index is 12.0. The molecule has 1 fully saturated rings. The van der Waals surface area contributed by atoms with Crippen molar-refractivity contribution in [1.29, 1.82) is 0 Å². The van der Waals surface area contributed by atoms with Crippen LogP contribution in [0.25, 0.3) is 0 Å². The first kappa shape index (κ1) is 21.4. The van der Waals surface area contributed by atoms with E-state index < -0.39 is 9.84 Å². The monoisotopic (exact) mass is 398 g/mol. The third-order valence-electron chi connectivity index (χ3n) is 4.81. The van der Waals surface area contributed by atoms with Crippen molar-refractivity contribution in [1.82, 2.24) is 20.6 Å². The molecule has 0 spiro atoms. The smallest absolute Gasteiger partial charge is 0.238 e. The molecule has 2 amide bonds. The second-order valence-electron chi connectivity index (χ2n) is 7.79. The fourth-order valence-corrected chi connectivity index (χ4v) is 5.27. The Morgan fingerprint density at radius 1 is 1.22 bits per heavy atom. The molecule has 1 saturated heterocycles. The number of nitrogens with one attached hydrogen (secondary N) is 2. The Labute approximate surface area is 161 Å². The summed E-state index contributed by atoms with van der Waals surface area (Å²) < 4.78 is 24.8. The number of hydrazine groups is 1. The lowest BCUT2D eigenvalue weighted by Crippen LogP contribution is -2.42. The van der Waals surface area contributed by atoms with Crippen LogP contribution in [0.3, 0.4) is 0 Å². The molecule has 0 bridgehead atoms. The summed E-state index contributed by atoms with van der Waals surface area (Å²) in [5.74, 6) is -0.123. The fourth-order valence-electron chi connectivity index (χ4n) is 3.41. The zero-order chi connectivity index (χ0) is 20.2. The molecule has 9 heteroatoms. The predicted molar refractivity (Wildman–Crippen MR) is 103 cm³/mol. The second kappa shape index (κ2) is 8.86. The average molecular weight is 399 g/mol. The number of nitrogens with zero attached hydrogens (tertiary/aromatic N) is 2. The summed E-state index contributed by atoms with van der Waals surface area (Å²) in [6.07, 6.45) is 1.41. The first-order valence-electron chi connectivity index (χ1n) is 9.38. The molecule has 2 N–H and O–H groups in total. The van der Waals surface area contributed by atoms with Crippen LogP contribution in [0.15, 0.2) is 0 Å². The second-order valence-corrected chi connectivity index (χ2v) is 10.0. The number of aryl methyl sites for hydroxylation is 1. The molecule has 152 valence electrons. The Kier molecular flexibility index (Phi) is 7.02. The molecule has 0 radical (unpaired) electrons. The molecule has 0 saturated carbocycles. The van der Waals surface area contributed by atoms with Crippen molar-refractivity contribution >= 4 is 21.7 Å². The summed E-state index contributed by atoms with van der Waals surface area (Å²) in [6, 6.07) is 0. The molecule has 1 aliphatic heterocycles. The van der Waals surface area contributed by atoms with Gasteiger partial charge in [-0.3, -0.25) is 25.1 Å². The number of carbonyl (C=O) groups is 2. The molecule has 0 aromatic carbocycles. The number of hydrogen-bond acceptors (Lipinski definition) is 5. The van der Waals surface area contributed by atoms with Crippen LogP contribution in [0.4, 0.5) is 0 Å². The molecular formula is C18H30N4O4S. The van der Waals surface area contributed by atoms with Gasteiger partial charge >= 0.3 is 0 Å². The van der Waals surface area contributed by atoms with Crippen molar-refractivity contribution < 1.29 is 18.0 Å². The van der Waals surface area contributed by atoms with Crippen LogP contribution in [-0.4, -0.2) is 41.5 Å². The Bertz CT molecular complexity index is 799. The van der Waals surface area contributed by atoms with Crippen LogP contribution in [0.2, 0.25) is 0 Å². The van der Waals surface area contributed by atoms with Gasteiger partial charge in [0.15, 0.2) is 9.84 Å². The summed E-state index contributed by atoms with van der Waals surface area (Å²) in [4.78, 5) is 23.9. The minimum absolute atomic E-state index is 0.0489. The minimum Gasteiger partial charge on any atom is -0.273 e. The van der Waals surface area contributed by atoms with E-state index in [9.17, 15) is 18.0 Å². The van der Waals surface area contributed by atoms with E-state index in [2.05, 4.69) is 29.8 Å². The largest absolute Gasteiger partial charge is 0.273 e. The summed E-state index contributed by atoms with van der Waals surface area (Å²) in [7, 11) is -3.00. The predicted octanol–water partition coefficient (Wildman–Crippen LogP) is 1.06. The van der Waals surface area contributed by atoms with Gasteiger partial charge in [0.1, 0.15) is 0 Å². The molecule has 1 aliphatic rings. The Morgan fingerprint density at radius 2 is 1.89 bits per heavy atom. The van der Waals surface area contributed by atoms with Crippen molar-refractivity contribution in [2.75, 3.05) is 11.5 Å². The third-order valence-corrected chi connectivity index (χ3v) is 6.65. The van der Waals surface area contributed by atoms with E-state index in [1.807, 2.05) is 18.5 Å². The lowest BCUT2D eigenvalue weighted by molar-refractivity contribution is -0.129. The van der Waals surface area contributed by atoms with Gasteiger partial charge in [0.25, 0.3) is 0 Å². The van der Waals surface area contributed by atoms with E-state index in [4.69, 9.17) is 0 Å². The maximum atomic E-state index is 12.0. The molecule has 0 aliphatic carbocycles. The maximum Gasteiger partial charge on any atom is 0.238 e. The molecule has 8 nitrogen and oxygen atoms in total. The van der Waals surface area contributed by atoms with E-state index in [1.54, 1.807) is 0 Å². The SMILES string of the molecule is Cc1nn(CC(C)C)c(C)c1CCC(=O)NNC(=O)CC1CCS(=O)(=O)C1. The molecule has 1 aromatic heterocycles. The van der Waals surface area contributed by atoms with Gasteiger partial charge in [-0.1, -0.05) is 13.8 Å². The summed E-state index contributed by atoms with van der Waals surface area (Å²) >= 11 is 0. The molecular weight excluding hydrogens is 368 g/mol. The average Bonchev–Trinajstić information content (AvgIpc) is 3.02. The van der Waals surface area contributed by atoms with Crippen molar-refractivity contribution in [2.45, 2.75) is 59.9 Å². The van der Waals surface area contributed by atoms with Crippen molar-refractivity contribution in [2.24, 2.45) is 11.8 Å². The van der Waals surface area contributed by atoms with Gasteiger partial charge in [0.2, 0.25) is 11.8 Å². The number of hydrogen-bond donors (Lipinski definition) is 2. The first-order valence-corrected chi connectivity index (χ1v) is 11.2. The minimum atomic E-state index is -3.00. The molecule has 27 heavy (non-hydrogen) atoms. The van der Waals surface area contributed by atoms with E-state index in [-0.39, 0.29) is 42.1 Å². The Balaban J connectivity index is 1.76. The van der Waals surface area contributed by atoms with Gasteiger partial charge in [-0.2, -0.15) is 5.10 Å². The first-order chi connectivity index (χ1) is 12.6. The normalized spacial score (nSPS) is 18.6. The van der Waals surface area contributed by atoms with Crippen LogP contribution in [-0.2, 0) is 32.4 Å². The highest BCUT2D eigenvalue weighted by atomic mass is 32.2. The van der Waals surface area contributed by atoms with Crippen molar-refractivity contribution in [3.05, 3.63) is 17.0 Å². The number of aromatic nitrogens is 2. The zero-order valence-corrected chi connectivity index (χ0v) is 17.4. The van der Waals surface area contributed by atoms with Crippen LogP contribution < -0.4 is 10.9 Å². The van der Waals surface area contributed by atoms with Gasteiger partial charge in [-0.25, -0.2) is 8.42 Å². The van der Waals surface area contributed by atoms with Crippen LogP contribution in [0.1, 0.15) is 50.1 Å². The van der Waals surface area contributed by atoms with E-state index in [1.165, 1.54) is 0 Å². The van der Waals surface area contributed by atoms with Crippen molar-refractivity contribution in [3.63, 3.8) is 0 Å². The van der Waals surface area contributed by atoms with Gasteiger partial charge in [0.05, 0.1) is 17.2 Å². The topological polar surface area (TPSA) is 110 Å². The number of sulfone groups is 1.